The van der Waals surface area contributed by atoms with E-state index in [0.29, 0.717) is 13.0 Å². The van der Waals surface area contributed by atoms with Crippen molar-refractivity contribution >= 4 is 7.82 Å². The summed E-state index contributed by atoms with van der Waals surface area (Å²) in [4.78, 5) is 17.7. The first-order valence-corrected chi connectivity index (χ1v) is 7.25. The molecule has 2 rings (SSSR count). The smallest absolute Gasteiger partial charge is 0.369 e. The Hall–Kier alpha value is -0.820. The molecule has 0 aliphatic carbocycles. The molecule has 8 heteroatoms. The van der Waals surface area contributed by atoms with E-state index in [-0.39, 0.29) is 5.56 Å². The van der Waals surface area contributed by atoms with Crippen molar-refractivity contribution in [2.24, 2.45) is 0 Å². The van der Waals surface area contributed by atoms with Gasteiger partial charge in [0.2, 0.25) is 0 Å². The summed E-state index contributed by atoms with van der Waals surface area (Å²) in [5, 5.41) is 2.59. The molecule has 6 nitrogen and oxygen atoms in total. The Morgan fingerprint density at radius 3 is 2.95 bits per heavy atom. The molecule has 0 amide bonds. The predicted molar refractivity (Wildman–Crippen MR) is 64.8 cm³/mol. The molecule has 0 bridgehead atoms. The van der Waals surface area contributed by atoms with Crippen LogP contribution in [0.5, 0.6) is 0 Å². The number of ether oxygens (including phenoxy) is 1. The number of fused-ring (bicyclic) bond motifs is 1. The van der Waals surface area contributed by atoms with Crippen molar-refractivity contribution in [1.29, 1.82) is 0 Å². The molecule has 1 heterocycles. The predicted octanol–water partition coefficient (Wildman–Crippen LogP) is 1.09. The van der Waals surface area contributed by atoms with Crippen LogP contribution < -0.4 is 5.32 Å². The molecule has 3 N–H and O–H groups in total. The largest absolute Gasteiger partial charge is 0.471 e. The Labute approximate surface area is 109 Å². The summed E-state index contributed by atoms with van der Waals surface area (Å²) in [6.07, 6.45) is -1.48. The first-order chi connectivity index (χ1) is 8.92. The van der Waals surface area contributed by atoms with Gasteiger partial charge in [0.05, 0.1) is 6.61 Å². The number of benzene rings is 1. The van der Waals surface area contributed by atoms with E-state index in [1.807, 2.05) is 0 Å². The van der Waals surface area contributed by atoms with Crippen LogP contribution in [0.2, 0.25) is 0 Å². The van der Waals surface area contributed by atoms with Crippen molar-refractivity contribution in [2.45, 2.75) is 18.8 Å². The lowest BCUT2D eigenvalue weighted by Gasteiger charge is -2.32. The maximum Gasteiger partial charge on any atom is 0.471 e. The number of likely N-dealkylation sites (N-methyl/N-ethyl adjacent to an activating group) is 1. The number of phosphoric acid groups is 1. The molecular weight excluding hydrogens is 276 g/mol. The second-order valence-corrected chi connectivity index (χ2v) is 5.35. The van der Waals surface area contributed by atoms with Gasteiger partial charge in [-0.05, 0) is 25.1 Å². The molecule has 2 atom stereocenters. The SMILES string of the molecule is CN[C@H](OP(=O)(O)O)C1OCCc2cccc(F)c21. The third-order valence-corrected chi connectivity index (χ3v) is 3.41. The van der Waals surface area contributed by atoms with Gasteiger partial charge in [0.15, 0.2) is 6.23 Å². The maximum atomic E-state index is 13.9. The fourth-order valence-corrected chi connectivity index (χ4v) is 2.66. The average molecular weight is 291 g/mol. The van der Waals surface area contributed by atoms with Gasteiger partial charge in [-0.1, -0.05) is 12.1 Å². The fraction of sp³-hybridized carbons (Fsp3) is 0.455. The van der Waals surface area contributed by atoms with Gasteiger partial charge in [0.25, 0.3) is 0 Å². The third kappa shape index (κ3) is 3.39. The van der Waals surface area contributed by atoms with E-state index in [4.69, 9.17) is 14.5 Å². The van der Waals surface area contributed by atoms with Crippen molar-refractivity contribution in [3.8, 4) is 0 Å². The van der Waals surface area contributed by atoms with E-state index < -0.39 is 26.0 Å². The summed E-state index contributed by atoms with van der Waals surface area (Å²) >= 11 is 0. The maximum absolute atomic E-state index is 13.9. The van der Waals surface area contributed by atoms with Crippen LogP contribution in [0.15, 0.2) is 18.2 Å². The number of rotatable bonds is 4. The Morgan fingerprint density at radius 2 is 2.32 bits per heavy atom. The topological polar surface area (TPSA) is 88.0 Å². The molecule has 0 spiro atoms. The van der Waals surface area contributed by atoms with E-state index in [9.17, 15) is 8.96 Å². The van der Waals surface area contributed by atoms with E-state index in [2.05, 4.69) is 9.84 Å². The number of nitrogens with one attached hydrogen (secondary N) is 1. The molecule has 1 aromatic rings. The molecule has 1 aliphatic rings. The minimum atomic E-state index is -4.70. The standard InChI is InChI=1S/C11H15FNO5P/c1-13-11(18-19(14,15)16)10-9-7(5-6-17-10)3-2-4-8(9)12/h2-4,10-11,13H,5-6H2,1H3,(H2,14,15,16)/t10?,11-/m1/s1. The summed E-state index contributed by atoms with van der Waals surface area (Å²) in [6.45, 7) is 0.337. The van der Waals surface area contributed by atoms with Gasteiger partial charge in [-0.25, -0.2) is 8.96 Å². The second-order valence-electron chi connectivity index (χ2n) is 4.16. The fourth-order valence-electron chi connectivity index (χ4n) is 2.14. The molecule has 0 saturated carbocycles. The molecule has 0 aromatic heterocycles. The lowest BCUT2D eigenvalue weighted by Crippen LogP contribution is -2.38. The van der Waals surface area contributed by atoms with Crippen LogP contribution in [0.4, 0.5) is 4.39 Å². The molecule has 0 fully saturated rings. The van der Waals surface area contributed by atoms with Gasteiger partial charge in [-0.2, -0.15) is 0 Å². The first kappa shape index (κ1) is 14.6. The minimum absolute atomic E-state index is 0.279. The molecular formula is C11H15FNO5P. The zero-order valence-corrected chi connectivity index (χ0v) is 11.1. The molecule has 1 unspecified atom stereocenters. The molecule has 1 aliphatic heterocycles. The summed E-state index contributed by atoms with van der Waals surface area (Å²) < 4.78 is 34.8. The Kier molecular flexibility index (Phi) is 4.35. The molecule has 0 saturated heterocycles. The first-order valence-electron chi connectivity index (χ1n) is 5.72. The third-order valence-electron chi connectivity index (χ3n) is 2.91. The van der Waals surface area contributed by atoms with E-state index >= 15 is 0 Å². The summed E-state index contributed by atoms with van der Waals surface area (Å²) in [5.74, 6) is -0.475. The van der Waals surface area contributed by atoms with Crippen LogP contribution in [-0.4, -0.2) is 29.7 Å². The van der Waals surface area contributed by atoms with Crippen molar-refractivity contribution < 1.29 is 28.0 Å². The highest BCUT2D eigenvalue weighted by Gasteiger charge is 2.35. The van der Waals surface area contributed by atoms with Crippen molar-refractivity contribution in [3.05, 3.63) is 35.1 Å². The summed E-state index contributed by atoms with van der Waals surface area (Å²) in [7, 11) is -3.24. The lowest BCUT2D eigenvalue weighted by molar-refractivity contribution is -0.0568. The van der Waals surface area contributed by atoms with Gasteiger partial charge in [0.1, 0.15) is 11.9 Å². The number of halogens is 1. The Balaban J connectivity index is 2.34. The zero-order chi connectivity index (χ0) is 14.0. The van der Waals surface area contributed by atoms with Crippen LogP contribution in [-0.2, 0) is 20.2 Å². The quantitative estimate of drug-likeness (QED) is 0.568. The summed E-state index contributed by atoms with van der Waals surface area (Å²) in [6, 6.07) is 4.64. The highest BCUT2D eigenvalue weighted by atomic mass is 31.2. The normalized spacial score (nSPS) is 20.9. The van der Waals surface area contributed by atoms with Crippen molar-refractivity contribution in [2.75, 3.05) is 13.7 Å². The number of hydrogen-bond acceptors (Lipinski definition) is 4. The molecule has 19 heavy (non-hydrogen) atoms. The van der Waals surface area contributed by atoms with E-state index in [1.54, 1.807) is 12.1 Å². The highest BCUT2D eigenvalue weighted by Crippen LogP contribution is 2.42. The summed E-state index contributed by atoms with van der Waals surface area (Å²) in [5.41, 5.74) is 1.03. The molecule has 106 valence electrons. The van der Waals surface area contributed by atoms with E-state index in [0.717, 1.165) is 5.56 Å². The monoisotopic (exact) mass is 291 g/mol. The van der Waals surface area contributed by atoms with Crippen LogP contribution in [0, 0.1) is 5.82 Å². The average Bonchev–Trinajstić information content (AvgIpc) is 2.34. The van der Waals surface area contributed by atoms with Crippen LogP contribution in [0.1, 0.15) is 17.2 Å². The lowest BCUT2D eigenvalue weighted by atomic mass is 9.96. The number of phosphoric ester groups is 1. The van der Waals surface area contributed by atoms with E-state index in [1.165, 1.54) is 13.1 Å². The minimum Gasteiger partial charge on any atom is -0.369 e. The van der Waals surface area contributed by atoms with Gasteiger partial charge in [0, 0.05) is 5.56 Å². The second kappa shape index (κ2) is 5.66. The van der Waals surface area contributed by atoms with Gasteiger partial charge >= 0.3 is 7.82 Å². The van der Waals surface area contributed by atoms with Crippen LogP contribution in [0.25, 0.3) is 0 Å². The molecule has 0 radical (unpaired) electrons. The molecule has 1 aromatic carbocycles. The zero-order valence-electron chi connectivity index (χ0n) is 10.2. The van der Waals surface area contributed by atoms with Gasteiger partial charge in [-0.15, -0.1) is 0 Å². The highest BCUT2D eigenvalue weighted by molar-refractivity contribution is 7.46. The Bertz CT molecular complexity index is 506. The Morgan fingerprint density at radius 1 is 1.58 bits per heavy atom. The van der Waals surface area contributed by atoms with Crippen LogP contribution >= 0.6 is 7.82 Å². The van der Waals surface area contributed by atoms with Crippen molar-refractivity contribution in [3.63, 3.8) is 0 Å². The van der Waals surface area contributed by atoms with Gasteiger partial charge in [-0.3, -0.25) is 9.84 Å². The van der Waals surface area contributed by atoms with Crippen molar-refractivity contribution in [1.82, 2.24) is 5.32 Å². The van der Waals surface area contributed by atoms with Crippen LogP contribution in [0.3, 0.4) is 0 Å². The van der Waals surface area contributed by atoms with Gasteiger partial charge < -0.3 is 14.5 Å². The number of hydrogen-bond donors (Lipinski definition) is 3.